The first kappa shape index (κ1) is 15.4. The van der Waals surface area contributed by atoms with Crippen LogP contribution in [0.1, 0.15) is 26.2 Å². The van der Waals surface area contributed by atoms with Crippen molar-refractivity contribution >= 4 is 11.9 Å². The van der Waals surface area contributed by atoms with Crippen LogP contribution in [0.15, 0.2) is 24.3 Å². The quantitative estimate of drug-likeness (QED) is 0.603. The minimum atomic E-state index is -1.15. The monoisotopic (exact) mass is 242 g/mol. The van der Waals surface area contributed by atoms with Gasteiger partial charge in [0.2, 0.25) is 0 Å². The van der Waals surface area contributed by atoms with E-state index in [4.69, 9.17) is 14.9 Å². The summed E-state index contributed by atoms with van der Waals surface area (Å²) in [5.41, 5.74) is -0.165. The first-order chi connectivity index (χ1) is 7.90. The van der Waals surface area contributed by atoms with Crippen LogP contribution in [-0.2, 0) is 14.3 Å². The smallest absolute Gasteiger partial charge is 0.333 e. The second-order valence-electron chi connectivity index (χ2n) is 3.68. The van der Waals surface area contributed by atoms with Crippen molar-refractivity contribution in [2.75, 3.05) is 6.61 Å². The van der Waals surface area contributed by atoms with Crippen molar-refractivity contribution in [1.82, 2.24) is 0 Å². The van der Waals surface area contributed by atoms with Crippen LogP contribution < -0.4 is 0 Å². The van der Waals surface area contributed by atoms with E-state index in [9.17, 15) is 9.59 Å². The SMILES string of the molecule is C=C(COC(CCCC)C(=C)C(=O)O)C(=O)O. The number of hydrogen-bond acceptors (Lipinski definition) is 3. The molecule has 0 aliphatic heterocycles. The Balaban J connectivity index is 4.38. The van der Waals surface area contributed by atoms with Gasteiger partial charge >= 0.3 is 11.9 Å². The minimum Gasteiger partial charge on any atom is -0.478 e. The summed E-state index contributed by atoms with van der Waals surface area (Å²) in [5.74, 6) is -2.28. The summed E-state index contributed by atoms with van der Waals surface area (Å²) in [4.78, 5) is 21.3. The molecule has 1 atom stereocenters. The average Bonchev–Trinajstić information content (AvgIpc) is 2.27. The molecule has 0 fully saturated rings. The van der Waals surface area contributed by atoms with E-state index in [-0.39, 0.29) is 17.8 Å². The van der Waals surface area contributed by atoms with E-state index in [1.54, 1.807) is 0 Å². The van der Waals surface area contributed by atoms with Crippen LogP contribution in [0.5, 0.6) is 0 Å². The van der Waals surface area contributed by atoms with E-state index in [0.717, 1.165) is 12.8 Å². The Morgan fingerprint density at radius 2 is 1.82 bits per heavy atom. The van der Waals surface area contributed by atoms with Crippen molar-refractivity contribution in [3.05, 3.63) is 24.3 Å². The van der Waals surface area contributed by atoms with Gasteiger partial charge in [0, 0.05) is 0 Å². The van der Waals surface area contributed by atoms with Crippen LogP contribution in [0, 0.1) is 0 Å². The molecule has 0 aromatic heterocycles. The van der Waals surface area contributed by atoms with Crippen LogP contribution in [0.2, 0.25) is 0 Å². The molecule has 1 unspecified atom stereocenters. The molecule has 0 rings (SSSR count). The lowest BCUT2D eigenvalue weighted by Gasteiger charge is -2.17. The molecule has 0 amide bonds. The van der Waals surface area contributed by atoms with Crippen molar-refractivity contribution in [3.63, 3.8) is 0 Å². The van der Waals surface area contributed by atoms with Crippen molar-refractivity contribution in [2.45, 2.75) is 32.3 Å². The number of carboxylic acid groups (broad SMARTS) is 2. The van der Waals surface area contributed by atoms with Crippen LogP contribution in [-0.4, -0.2) is 34.9 Å². The van der Waals surface area contributed by atoms with Crippen LogP contribution in [0.3, 0.4) is 0 Å². The fourth-order valence-corrected chi connectivity index (χ4v) is 1.15. The Labute approximate surface area is 100 Å². The third kappa shape index (κ3) is 5.87. The lowest BCUT2D eigenvalue weighted by atomic mass is 10.1. The molecule has 0 saturated carbocycles. The van der Waals surface area contributed by atoms with Gasteiger partial charge in [-0.2, -0.15) is 0 Å². The number of ether oxygens (including phenoxy) is 1. The van der Waals surface area contributed by atoms with Gasteiger partial charge in [0.05, 0.1) is 23.9 Å². The van der Waals surface area contributed by atoms with E-state index in [2.05, 4.69) is 13.2 Å². The van der Waals surface area contributed by atoms with E-state index >= 15 is 0 Å². The van der Waals surface area contributed by atoms with Crippen molar-refractivity contribution < 1.29 is 24.5 Å². The predicted octanol–water partition coefficient (Wildman–Crippen LogP) is 1.84. The third-order valence-electron chi connectivity index (χ3n) is 2.24. The van der Waals surface area contributed by atoms with Crippen LogP contribution >= 0.6 is 0 Å². The number of carboxylic acids is 2. The number of rotatable bonds is 9. The maximum atomic E-state index is 10.8. The van der Waals surface area contributed by atoms with Crippen molar-refractivity contribution in [3.8, 4) is 0 Å². The maximum absolute atomic E-state index is 10.8. The molecule has 0 spiro atoms. The fraction of sp³-hybridized carbons (Fsp3) is 0.500. The van der Waals surface area contributed by atoms with Gasteiger partial charge in [-0.05, 0) is 6.42 Å². The second-order valence-corrected chi connectivity index (χ2v) is 3.68. The number of unbranched alkanes of at least 4 members (excludes halogenated alkanes) is 1. The molecule has 0 aliphatic carbocycles. The molecule has 5 heteroatoms. The molecule has 2 N–H and O–H groups in total. The highest BCUT2D eigenvalue weighted by atomic mass is 16.5. The van der Waals surface area contributed by atoms with Gasteiger partial charge in [0.25, 0.3) is 0 Å². The van der Waals surface area contributed by atoms with Gasteiger partial charge in [-0.1, -0.05) is 32.9 Å². The van der Waals surface area contributed by atoms with E-state index in [0.29, 0.717) is 6.42 Å². The summed E-state index contributed by atoms with van der Waals surface area (Å²) >= 11 is 0. The van der Waals surface area contributed by atoms with Gasteiger partial charge in [0.15, 0.2) is 0 Å². The number of hydrogen-bond donors (Lipinski definition) is 2. The first-order valence-corrected chi connectivity index (χ1v) is 5.34. The molecule has 0 heterocycles. The van der Waals surface area contributed by atoms with Gasteiger partial charge in [0.1, 0.15) is 0 Å². The van der Waals surface area contributed by atoms with E-state index in [1.807, 2.05) is 6.92 Å². The third-order valence-corrected chi connectivity index (χ3v) is 2.24. The molecule has 0 radical (unpaired) electrons. The van der Waals surface area contributed by atoms with Gasteiger partial charge in [-0.15, -0.1) is 0 Å². The van der Waals surface area contributed by atoms with Crippen molar-refractivity contribution in [2.24, 2.45) is 0 Å². The summed E-state index contributed by atoms with van der Waals surface area (Å²) in [7, 11) is 0. The standard InChI is InChI=1S/C12H18O5/c1-4-5-6-10(9(3)12(15)16)17-7-8(2)11(13)14/h10H,2-7H2,1H3,(H,13,14)(H,15,16). The highest BCUT2D eigenvalue weighted by Crippen LogP contribution is 2.14. The molecule has 0 saturated heterocycles. The molecule has 17 heavy (non-hydrogen) atoms. The molecule has 5 nitrogen and oxygen atoms in total. The normalized spacial score (nSPS) is 11.8. The van der Waals surface area contributed by atoms with Gasteiger partial charge in [-0.25, -0.2) is 9.59 Å². The molecular weight excluding hydrogens is 224 g/mol. The van der Waals surface area contributed by atoms with Crippen LogP contribution in [0.4, 0.5) is 0 Å². The summed E-state index contributed by atoms with van der Waals surface area (Å²) in [5, 5.41) is 17.4. The summed E-state index contributed by atoms with van der Waals surface area (Å²) in [6.07, 6.45) is 1.53. The summed E-state index contributed by atoms with van der Waals surface area (Å²) in [6.45, 7) is 8.51. The molecule has 0 aliphatic rings. The van der Waals surface area contributed by atoms with Crippen molar-refractivity contribution in [1.29, 1.82) is 0 Å². The Morgan fingerprint density at radius 1 is 1.24 bits per heavy atom. The fourth-order valence-electron chi connectivity index (χ4n) is 1.15. The Morgan fingerprint density at radius 3 is 2.24 bits per heavy atom. The lowest BCUT2D eigenvalue weighted by Crippen LogP contribution is -2.23. The van der Waals surface area contributed by atoms with E-state index in [1.165, 1.54) is 0 Å². The molecular formula is C12H18O5. The van der Waals surface area contributed by atoms with E-state index < -0.39 is 18.0 Å². The highest BCUT2D eigenvalue weighted by molar-refractivity contribution is 5.87. The Kier molecular flexibility index (Phi) is 6.89. The average molecular weight is 242 g/mol. The highest BCUT2D eigenvalue weighted by Gasteiger charge is 2.19. The largest absolute Gasteiger partial charge is 0.478 e. The Bertz CT molecular complexity index is 319. The Hall–Kier alpha value is -1.62. The molecule has 0 aromatic carbocycles. The molecule has 0 aromatic rings. The van der Waals surface area contributed by atoms with Crippen LogP contribution in [0.25, 0.3) is 0 Å². The summed E-state index contributed by atoms with van der Waals surface area (Å²) in [6, 6.07) is 0. The topological polar surface area (TPSA) is 83.8 Å². The van der Waals surface area contributed by atoms with Gasteiger partial charge in [-0.3, -0.25) is 0 Å². The van der Waals surface area contributed by atoms with Gasteiger partial charge < -0.3 is 14.9 Å². The zero-order chi connectivity index (χ0) is 13.4. The second kappa shape index (κ2) is 7.62. The minimum absolute atomic E-state index is 0.0587. The summed E-state index contributed by atoms with van der Waals surface area (Å²) < 4.78 is 5.23. The number of carbonyl (C=O) groups is 2. The predicted molar refractivity (Wildman–Crippen MR) is 62.8 cm³/mol. The molecule has 96 valence electrons. The first-order valence-electron chi connectivity index (χ1n) is 5.34. The maximum Gasteiger partial charge on any atom is 0.333 e. The number of aliphatic carboxylic acids is 2. The zero-order valence-electron chi connectivity index (χ0n) is 9.94. The lowest BCUT2D eigenvalue weighted by molar-refractivity contribution is -0.134. The molecule has 0 bridgehead atoms. The zero-order valence-corrected chi connectivity index (χ0v) is 9.94.